The molecule has 2 amide bonds. The van der Waals surface area contributed by atoms with Crippen molar-refractivity contribution in [1.29, 1.82) is 0 Å². The number of primary amides is 1. The summed E-state index contributed by atoms with van der Waals surface area (Å²) in [5.74, 6) is 0.384. The molecule has 0 aliphatic carbocycles. The lowest BCUT2D eigenvalue weighted by molar-refractivity contribution is 0.0994. The van der Waals surface area contributed by atoms with Gasteiger partial charge in [-0.05, 0) is 74.9 Å². The number of methoxy groups -OCH3 is 1. The van der Waals surface area contributed by atoms with Crippen LogP contribution >= 0.6 is 0 Å². The van der Waals surface area contributed by atoms with E-state index in [0.29, 0.717) is 59.5 Å². The maximum Gasteiger partial charge on any atom is 0.276 e. The van der Waals surface area contributed by atoms with E-state index in [-0.39, 0.29) is 23.9 Å². The van der Waals surface area contributed by atoms with Crippen molar-refractivity contribution >= 4 is 46.0 Å². The topological polar surface area (TPSA) is 181 Å². The third kappa shape index (κ3) is 7.47. The Labute approximate surface area is 277 Å². The number of imidazole rings is 1. The monoisotopic (exact) mass is 650 g/mol. The highest BCUT2D eigenvalue weighted by Crippen LogP contribution is 2.33. The Balaban J connectivity index is 1.35. The molecule has 2 aromatic heterocycles. The number of hydrogen-bond acceptors (Lipinski definition) is 9. The molecule has 0 aliphatic heterocycles. The minimum Gasteiger partial charge on any atom is -0.497 e. The fourth-order valence-corrected chi connectivity index (χ4v) is 5.15. The summed E-state index contributed by atoms with van der Waals surface area (Å²) >= 11 is 0. The molecule has 3 aromatic carbocycles. The van der Waals surface area contributed by atoms with E-state index in [1.807, 2.05) is 60.9 Å². The quantitative estimate of drug-likeness (QED) is 0.0734. The van der Waals surface area contributed by atoms with E-state index in [4.69, 9.17) is 20.9 Å². The Kier molecular flexibility index (Phi) is 10.1. The number of amides is 2. The Morgan fingerprint density at radius 3 is 2.46 bits per heavy atom. The van der Waals surface area contributed by atoms with Crippen LogP contribution in [0.1, 0.15) is 56.3 Å². The molecule has 0 aliphatic rings. The van der Waals surface area contributed by atoms with Crippen LogP contribution in [0, 0.1) is 6.92 Å². The molecule has 6 N–H and O–H groups in total. The summed E-state index contributed by atoms with van der Waals surface area (Å²) in [4.78, 5) is 41.9. The average Bonchev–Trinajstić information content (AvgIpc) is 3.63. The molecule has 248 valence electrons. The fraction of sp³-hybridized carbons (Fsp3) is 0.229. The number of ether oxygens (including phenoxy) is 2. The molecule has 0 spiro atoms. The van der Waals surface area contributed by atoms with Crippen LogP contribution in [0.2, 0.25) is 0 Å². The summed E-state index contributed by atoms with van der Waals surface area (Å²) in [5.41, 5.74) is 16.8. The minimum absolute atomic E-state index is 0.0826. The van der Waals surface area contributed by atoms with Gasteiger partial charge in [0.15, 0.2) is 5.78 Å². The second-order valence-electron chi connectivity index (χ2n) is 11.0. The number of nitrogens with zero attached hydrogens (tertiary/aromatic N) is 4. The zero-order chi connectivity index (χ0) is 34.4. The highest BCUT2D eigenvalue weighted by Gasteiger charge is 2.19. The molecule has 13 heteroatoms. The second kappa shape index (κ2) is 14.5. The van der Waals surface area contributed by atoms with Crippen molar-refractivity contribution < 1.29 is 23.9 Å². The van der Waals surface area contributed by atoms with E-state index >= 15 is 0 Å². The van der Waals surface area contributed by atoms with Gasteiger partial charge in [-0.2, -0.15) is 5.10 Å². The van der Waals surface area contributed by atoms with Crippen molar-refractivity contribution in [1.82, 2.24) is 19.3 Å². The lowest BCUT2D eigenvalue weighted by Crippen LogP contribution is -2.19. The third-order valence-corrected chi connectivity index (χ3v) is 7.64. The van der Waals surface area contributed by atoms with Crippen LogP contribution in [0.3, 0.4) is 0 Å². The minimum atomic E-state index is -0.623. The highest BCUT2D eigenvalue weighted by atomic mass is 16.5. The fourth-order valence-electron chi connectivity index (χ4n) is 5.15. The van der Waals surface area contributed by atoms with E-state index in [2.05, 4.69) is 20.7 Å². The van der Waals surface area contributed by atoms with Gasteiger partial charge in [0.05, 0.1) is 29.5 Å². The molecule has 0 unspecified atom stereocenters. The van der Waals surface area contributed by atoms with Crippen LogP contribution in [0.4, 0.5) is 17.3 Å². The molecule has 0 saturated heterocycles. The Bertz CT molecular complexity index is 2010. The maximum absolute atomic E-state index is 13.3. The summed E-state index contributed by atoms with van der Waals surface area (Å²) in [6.07, 6.45) is 3.81. The summed E-state index contributed by atoms with van der Waals surface area (Å²) in [6, 6.07) is 17.5. The number of carbonyl (C=O) groups is 3. The molecule has 0 radical (unpaired) electrons. The Morgan fingerprint density at radius 1 is 1.00 bits per heavy atom. The number of carbonyl (C=O) groups excluding carboxylic acids is 3. The Hall–Kier alpha value is -6.11. The third-order valence-electron chi connectivity index (χ3n) is 7.64. The predicted molar refractivity (Wildman–Crippen MR) is 185 cm³/mol. The summed E-state index contributed by atoms with van der Waals surface area (Å²) in [7, 11) is 1.60. The molecule has 48 heavy (non-hydrogen) atoms. The first-order valence-corrected chi connectivity index (χ1v) is 15.3. The van der Waals surface area contributed by atoms with Gasteiger partial charge in [-0.15, -0.1) is 0 Å². The average molecular weight is 651 g/mol. The summed E-state index contributed by atoms with van der Waals surface area (Å²) in [6.45, 7) is 6.71. The number of nitrogens with two attached hydrogens (primary N) is 2. The van der Waals surface area contributed by atoms with Crippen molar-refractivity contribution in [2.75, 3.05) is 30.0 Å². The largest absolute Gasteiger partial charge is 0.497 e. The van der Waals surface area contributed by atoms with E-state index in [9.17, 15) is 14.4 Å². The first-order chi connectivity index (χ1) is 23.1. The lowest BCUT2D eigenvalue weighted by atomic mass is 10.1. The van der Waals surface area contributed by atoms with E-state index < -0.39 is 5.91 Å². The Morgan fingerprint density at radius 2 is 1.77 bits per heavy atom. The molecule has 0 fully saturated rings. The molecular weight excluding hydrogens is 612 g/mol. The molecule has 5 aromatic rings. The van der Waals surface area contributed by atoms with Gasteiger partial charge in [0.25, 0.3) is 5.91 Å². The van der Waals surface area contributed by atoms with E-state index in [1.54, 1.807) is 36.1 Å². The number of aryl methyl sites for hydroxylation is 2. The summed E-state index contributed by atoms with van der Waals surface area (Å²) in [5, 5.41) is 10.6. The van der Waals surface area contributed by atoms with Gasteiger partial charge in [0, 0.05) is 30.8 Å². The van der Waals surface area contributed by atoms with E-state index in [0.717, 1.165) is 22.5 Å². The molecule has 2 heterocycles. The van der Waals surface area contributed by atoms with Crippen LogP contribution in [0.25, 0.3) is 11.0 Å². The number of benzene rings is 3. The number of nitrogen functional groups attached to an aromatic ring is 1. The second-order valence-corrected chi connectivity index (χ2v) is 11.0. The van der Waals surface area contributed by atoms with Crippen molar-refractivity contribution in [2.45, 2.75) is 40.5 Å². The van der Waals surface area contributed by atoms with Crippen molar-refractivity contribution in [3.05, 3.63) is 101 Å². The standard InChI is InChI=1S/C35H38N8O5/c1-5-43-30(16-21(2)41-43)34(46)40-35-39-28-18-24(22(3)44)10-13-29(28)42(35)15-7-6-14-38-32-27(36)17-25(33(37)45)19-31(32)48-20-23-8-11-26(47-4)12-9-23/h6-13,16-19,38H,5,14-15,20,36H2,1-4H3,(H2,37,45)(H,39,40,46)/b7-6+. The SMILES string of the molecule is CCn1nc(C)cc1C(=O)Nc1nc2cc(C(C)=O)ccc2n1C/C=C/CNc1c(N)cc(C(N)=O)cc1OCc1ccc(OC)cc1. The van der Waals surface area contributed by atoms with Crippen molar-refractivity contribution in [3.8, 4) is 11.5 Å². The normalized spacial score (nSPS) is 11.2. The molecular formula is C35H38N8O5. The first-order valence-electron chi connectivity index (χ1n) is 15.3. The summed E-state index contributed by atoms with van der Waals surface area (Å²) < 4.78 is 14.8. The number of Topliss-reactive ketones (excluding diaryl/α,β-unsaturated/α-hetero) is 1. The van der Waals surface area contributed by atoms with Gasteiger partial charge < -0.3 is 30.8 Å². The van der Waals surface area contributed by atoms with E-state index in [1.165, 1.54) is 13.0 Å². The van der Waals surface area contributed by atoms with Crippen LogP contribution in [0.15, 0.2) is 72.8 Å². The number of ketones is 1. The van der Waals surface area contributed by atoms with Crippen LogP contribution in [0.5, 0.6) is 11.5 Å². The van der Waals surface area contributed by atoms with Crippen LogP contribution < -0.4 is 31.6 Å². The predicted octanol–water partition coefficient (Wildman–Crippen LogP) is 4.95. The van der Waals surface area contributed by atoms with Gasteiger partial charge in [0.2, 0.25) is 11.9 Å². The molecule has 13 nitrogen and oxygen atoms in total. The number of fused-ring (bicyclic) bond motifs is 1. The molecule has 0 atom stereocenters. The smallest absolute Gasteiger partial charge is 0.276 e. The zero-order valence-electron chi connectivity index (χ0n) is 27.2. The van der Waals surface area contributed by atoms with Gasteiger partial charge in [-0.3, -0.25) is 24.4 Å². The number of nitrogens with one attached hydrogen (secondary N) is 2. The number of rotatable bonds is 14. The number of hydrogen-bond donors (Lipinski definition) is 4. The van der Waals surface area contributed by atoms with Crippen molar-refractivity contribution in [2.24, 2.45) is 5.73 Å². The number of anilines is 3. The van der Waals surface area contributed by atoms with Crippen LogP contribution in [-0.4, -0.2) is 50.6 Å². The molecule has 0 saturated carbocycles. The van der Waals surface area contributed by atoms with Crippen LogP contribution in [-0.2, 0) is 19.7 Å². The highest BCUT2D eigenvalue weighted by molar-refractivity contribution is 6.03. The van der Waals surface area contributed by atoms with Gasteiger partial charge >= 0.3 is 0 Å². The molecule has 5 rings (SSSR count). The van der Waals surface area contributed by atoms with Gasteiger partial charge in [-0.25, -0.2) is 4.98 Å². The van der Waals surface area contributed by atoms with Gasteiger partial charge in [0.1, 0.15) is 29.5 Å². The van der Waals surface area contributed by atoms with Gasteiger partial charge in [-0.1, -0.05) is 24.3 Å². The first kappa shape index (κ1) is 33.3. The number of aromatic nitrogens is 4. The maximum atomic E-state index is 13.3. The number of allylic oxidation sites excluding steroid dienone is 1. The lowest BCUT2D eigenvalue weighted by Gasteiger charge is -2.16. The van der Waals surface area contributed by atoms with Crippen molar-refractivity contribution in [3.63, 3.8) is 0 Å². The molecule has 0 bridgehead atoms. The zero-order valence-corrected chi connectivity index (χ0v) is 27.2.